The Kier molecular flexibility index (Phi) is 6.45. The first-order chi connectivity index (χ1) is 13.1. The Labute approximate surface area is 159 Å². The maximum Gasteiger partial charge on any atom is 0.337 e. The lowest BCUT2D eigenvalue weighted by molar-refractivity contribution is -0.159. The lowest BCUT2D eigenvalue weighted by Crippen LogP contribution is -2.53. The van der Waals surface area contributed by atoms with Gasteiger partial charge in [-0.25, -0.2) is 4.79 Å². The highest BCUT2D eigenvalue weighted by molar-refractivity contribution is 5.96. The molecule has 1 atom stereocenters. The minimum Gasteiger partial charge on any atom is -0.465 e. The van der Waals surface area contributed by atoms with E-state index in [0.29, 0.717) is 24.4 Å². The first kappa shape index (κ1) is 19.4. The van der Waals surface area contributed by atoms with E-state index in [2.05, 4.69) is 10.1 Å². The van der Waals surface area contributed by atoms with Crippen molar-refractivity contribution in [2.75, 3.05) is 25.6 Å². The fourth-order valence-electron chi connectivity index (χ4n) is 3.75. The van der Waals surface area contributed by atoms with Crippen LogP contribution in [0.15, 0.2) is 24.3 Å². The van der Waals surface area contributed by atoms with Crippen molar-refractivity contribution in [1.82, 2.24) is 4.90 Å². The van der Waals surface area contributed by atoms with Crippen molar-refractivity contribution in [3.8, 4) is 0 Å². The molecule has 2 aliphatic rings. The molecule has 1 aliphatic heterocycles. The molecular weight excluding hydrogens is 348 g/mol. The fraction of sp³-hybridized carbons (Fsp3) is 0.550. The zero-order valence-corrected chi connectivity index (χ0v) is 15.6. The summed E-state index contributed by atoms with van der Waals surface area (Å²) in [6.07, 6.45) is 4.88. The lowest BCUT2D eigenvalue weighted by atomic mass is 9.93. The number of hydrogen-bond donors (Lipinski definition) is 1. The molecule has 1 saturated carbocycles. The molecule has 1 unspecified atom stereocenters. The number of morpholine rings is 1. The van der Waals surface area contributed by atoms with E-state index in [1.54, 1.807) is 24.3 Å². The van der Waals surface area contributed by atoms with E-state index >= 15 is 0 Å². The van der Waals surface area contributed by atoms with Gasteiger partial charge in [0.05, 0.1) is 25.7 Å². The Hall–Kier alpha value is -2.41. The molecule has 1 aliphatic carbocycles. The number of rotatable bonds is 5. The molecule has 146 valence electrons. The van der Waals surface area contributed by atoms with Crippen LogP contribution < -0.4 is 5.32 Å². The molecule has 1 N–H and O–H groups in total. The van der Waals surface area contributed by atoms with Crippen molar-refractivity contribution in [3.05, 3.63) is 29.8 Å². The summed E-state index contributed by atoms with van der Waals surface area (Å²) in [6.45, 7) is 1.07. The molecular formula is C20H26N2O5. The Balaban J connectivity index is 1.55. The van der Waals surface area contributed by atoms with Gasteiger partial charge in [-0.05, 0) is 37.1 Å². The number of methoxy groups -OCH3 is 1. The Morgan fingerprint density at radius 1 is 1.19 bits per heavy atom. The molecule has 7 heteroatoms. The number of amides is 2. The van der Waals surface area contributed by atoms with Gasteiger partial charge < -0.3 is 19.7 Å². The van der Waals surface area contributed by atoms with Crippen LogP contribution in [0, 0.1) is 0 Å². The first-order valence-corrected chi connectivity index (χ1v) is 9.49. The van der Waals surface area contributed by atoms with Crippen LogP contribution >= 0.6 is 0 Å². The van der Waals surface area contributed by atoms with E-state index in [1.165, 1.54) is 13.5 Å². The quantitative estimate of drug-likeness (QED) is 0.800. The van der Waals surface area contributed by atoms with Gasteiger partial charge >= 0.3 is 5.97 Å². The smallest absolute Gasteiger partial charge is 0.337 e. The number of anilines is 1. The summed E-state index contributed by atoms with van der Waals surface area (Å²) in [6, 6.07) is 6.69. The fourth-order valence-corrected chi connectivity index (χ4v) is 3.75. The van der Waals surface area contributed by atoms with Crippen LogP contribution in [-0.4, -0.2) is 55.1 Å². The Bertz CT molecular complexity index is 682. The van der Waals surface area contributed by atoms with E-state index < -0.39 is 12.1 Å². The van der Waals surface area contributed by atoms with Crippen LogP contribution in [0.3, 0.4) is 0 Å². The summed E-state index contributed by atoms with van der Waals surface area (Å²) in [7, 11) is 1.32. The largest absolute Gasteiger partial charge is 0.465 e. The van der Waals surface area contributed by atoms with Gasteiger partial charge in [0, 0.05) is 18.3 Å². The van der Waals surface area contributed by atoms with Crippen molar-refractivity contribution < 1.29 is 23.9 Å². The predicted octanol–water partition coefficient (Wildman–Crippen LogP) is 2.36. The van der Waals surface area contributed by atoms with Gasteiger partial charge in [0.15, 0.2) is 0 Å². The standard InChI is InChI=1S/C20H26N2O5/c1-26-20(25)14-7-9-15(10-8-14)21-18(23)13-17-19(24)22(11-12-27-17)16-5-3-2-4-6-16/h7-10,16-17H,2-6,11-13H2,1H3,(H,21,23). The van der Waals surface area contributed by atoms with Crippen LogP contribution in [0.4, 0.5) is 5.69 Å². The second kappa shape index (κ2) is 8.99. The van der Waals surface area contributed by atoms with Crippen molar-refractivity contribution in [1.29, 1.82) is 0 Å². The topological polar surface area (TPSA) is 84.9 Å². The molecule has 0 bridgehead atoms. The predicted molar refractivity (Wildman–Crippen MR) is 99.4 cm³/mol. The molecule has 2 amide bonds. The first-order valence-electron chi connectivity index (χ1n) is 9.49. The second-order valence-electron chi connectivity index (χ2n) is 7.00. The molecule has 1 aromatic rings. The average molecular weight is 374 g/mol. The third-order valence-electron chi connectivity index (χ3n) is 5.19. The van der Waals surface area contributed by atoms with Crippen molar-refractivity contribution in [3.63, 3.8) is 0 Å². The Morgan fingerprint density at radius 3 is 2.56 bits per heavy atom. The number of esters is 1. The van der Waals surface area contributed by atoms with Gasteiger partial charge in [-0.3, -0.25) is 9.59 Å². The third-order valence-corrected chi connectivity index (χ3v) is 5.19. The number of carbonyl (C=O) groups is 3. The van der Waals surface area contributed by atoms with Gasteiger partial charge in [0.2, 0.25) is 5.91 Å². The summed E-state index contributed by atoms with van der Waals surface area (Å²) in [5.41, 5.74) is 0.962. The SMILES string of the molecule is COC(=O)c1ccc(NC(=O)CC2OCCN(C3CCCCC3)C2=O)cc1. The highest BCUT2D eigenvalue weighted by Crippen LogP contribution is 2.25. The summed E-state index contributed by atoms with van der Waals surface area (Å²) in [5, 5.41) is 2.75. The number of hydrogen-bond acceptors (Lipinski definition) is 5. The van der Waals surface area contributed by atoms with Crippen molar-refractivity contribution >= 4 is 23.5 Å². The summed E-state index contributed by atoms with van der Waals surface area (Å²) >= 11 is 0. The molecule has 1 aromatic carbocycles. The second-order valence-corrected chi connectivity index (χ2v) is 7.00. The van der Waals surface area contributed by atoms with Crippen LogP contribution in [-0.2, 0) is 19.1 Å². The van der Waals surface area contributed by atoms with Gasteiger partial charge in [-0.1, -0.05) is 19.3 Å². The van der Waals surface area contributed by atoms with E-state index in [9.17, 15) is 14.4 Å². The van der Waals surface area contributed by atoms with Crippen molar-refractivity contribution in [2.24, 2.45) is 0 Å². The normalized spacial score (nSPS) is 21.0. The minimum atomic E-state index is -0.727. The molecule has 7 nitrogen and oxygen atoms in total. The van der Waals surface area contributed by atoms with E-state index in [4.69, 9.17) is 4.74 Å². The van der Waals surface area contributed by atoms with Crippen LogP contribution in [0.2, 0.25) is 0 Å². The van der Waals surface area contributed by atoms with E-state index in [0.717, 1.165) is 25.7 Å². The zero-order valence-electron chi connectivity index (χ0n) is 15.6. The van der Waals surface area contributed by atoms with Crippen LogP contribution in [0.25, 0.3) is 0 Å². The van der Waals surface area contributed by atoms with Gasteiger partial charge in [0.25, 0.3) is 5.91 Å². The molecule has 3 rings (SSSR count). The lowest BCUT2D eigenvalue weighted by Gasteiger charge is -2.39. The monoisotopic (exact) mass is 374 g/mol. The maximum absolute atomic E-state index is 12.7. The molecule has 27 heavy (non-hydrogen) atoms. The molecule has 0 radical (unpaired) electrons. The number of nitrogens with zero attached hydrogens (tertiary/aromatic N) is 1. The summed E-state index contributed by atoms with van der Waals surface area (Å²) in [4.78, 5) is 38.4. The highest BCUT2D eigenvalue weighted by Gasteiger charge is 2.35. The van der Waals surface area contributed by atoms with Crippen molar-refractivity contribution in [2.45, 2.75) is 50.7 Å². The van der Waals surface area contributed by atoms with Gasteiger partial charge in [-0.15, -0.1) is 0 Å². The molecule has 1 heterocycles. The van der Waals surface area contributed by atoms with Gasteiger partial charge in [-0.2, -0.15) is 0 Å². The average Bonchev–Trinajstić information content (AvgIpc) is 2.70. The number of ether oxygens (including phenoxy) is 2. The molecule has 0 spiro atoms. The Morgan fingerprint density at radius 2 is 1.89 bits per heavy atom. The number of carbonyl (C=O) groups excluding carboxylic acids is 3. The highest BCUT2D eigenvalue weighted by atomic mass is 16.5. The zero-order chi connectivity index (χ0) is 19.2. The molecule has 2 fully saturated rings. The van der Waals surface area contributed by atoms with Gasteiger partial charge in [0.1, 0.15) is 6.10 Å². The maximum atomic E-state index is 12.7. The number of benzene rings is 1. The minimum absolute atomic E-state index is 0.0131. The third kappa shape index (κ3) is 4.86. The summed E-state index contributed by atoms with van der Waals surface area (Å²) < 4.78 is 10.2. The van der Waals surface area contributed by atoms with Crippen LogP contribution in [0.5, 0.6) is 0 Å². The van der Waals surface area contributed by atoms with E-state index in [-0.39, 0.29) is 24.3 Å². The molecule has 1 saturated heterocycles. The van der Waals surface area contributed by atoms with Crippen LogP contribution in [0.1, 0.15) is 48.9 Å². The summed E-state index contributed by atoms with van der Waals surface area (Å²) in [5.74, 6) is -0.800. The number of nitrogens with one attached hydrogen (secondary N) is 1. The van der Waals surface area contributed by atoms with E-state index in [1.807, 2.05) is 4.90 Å². The molecule has 0 aromatic heterocycles.